The van der Waals surface area contributed by atoms with E-state index in [0.29, 0.717) is 11.4 Å². The highest BCUT2D eigenvalue weighted by atomic mass is 16.1. The number of anilines is 1. The summed E-state index contributed by atoms with van der Waals surface area (Å²) in [6.07, 6.45) is 1.58. The van der Waals surface area contributed by atoms with Gasteiger partial charge in [0.15, 0.2) is 5.78 Å². The quantitative estimate of drug-likeness (QED) is 0.762. The molecule has 0 saturated carbocycles. The molecule has 0 fully saturated rings. The van der Waals surface area contributed by atoms with Crippen LogP contribution in [0.3, 0.4) is 0 Å². The zero-order chi connectivity index (χ0) is 10.7. The van der Waals surface area contributed by atoms with Gasteiger partial charge in [0.25, 0.3) is 0 Å². The highest BCUT2D eigenvalue weighted by Crippen LogP contribution is 2.05. The van der Waals surface area contributed by atoms with Crippen LogP contribution in [0, 0.1) is 0 Å². The van der Waals surface area contributed by atoms with Gasteiger partial charge in [0.1, 0.15) is 12.4 Å². The molecule has 2 N–H and O–H groups in total. The number of hydrogen-bond donors (Lipinski definition) is 1. The number of aromatic nitrogens is 2. The minimum absolute atomic E-state index is 0.00556. The average molecular weight is 201 g/mol. The van der Waals surface area contributed by atoms with E-state index in [4.69, 9.17) is 5.73 Å². The fourth-order valence-corrected chi connectivity index (χ4v) is 1.33. The molecule has 0 saturated heterocycles. The van der Waals surface area contributed by atoms with Crippen molar-refractivity contribution in [3.63, 3.8) is 0 Å². The van der Waals surface area contributed by atoms with Crippen molar-refractivity contribution in [2.75, 3.05) is 5.73 Å². The molecule has 2 aromatic rings. The number of Topliss-reactive ketones (excluding diaryl/α,β-unsaturated/α-hetero) is 1. The topological polar surface area (TPSA) is 60.9 Å². The SMILES string of the molecule is Nc1ccnn1CC(=O)c1ccccc1. The monoisotopic (exact) mass is 201 g/mol. The van der Waals surface area contributed by atoms with Crippen LogP contribution in [-0.4, -0.2) is 15.6 Å². The molecule has 0 bridgehead atoms. The lowest BCUT2D eigenvalue weighted by Crippen LogP contribution is -2.13. The summed E-state index contributed by atoms with van der Waals surface area (Å²) in [6, 6.07) is 10.8. The first-order valence-electron chi connectivity index (χ1n) is 4.63. The molecule has 0 aliphatic carbocycles. The first-order valence-corrected chi connectivity index (χ1v) is 4.63. The van der Waals surface area contributed by atoms with Gasteiger partial charge in [0, 0.05) is 5.56 Å². The number of carbonyl (C=O) groups excluding carboxylic acids is 1. The van der Waals surface area contributed by atoms with Gasteiger partial charge in [-0.3, -0.25) is 4.79 Å². The normalized spacial score (nSPS) is 10.1. The molecule has 1 heterocycles. The van der Waals surface area contributed by atoms with Crippen LogP contribution in [0.25, 0.3) is 0 Å². The zero-order valence-electron chi connectivity index (χ0n) is 8.13. The highest BCUT2D eigenvalue weighted by Gasteiger charge is 2.07. The van der Waals surface area contributed by atoms with E-state index in [1.165, 1.54) is 4.68 Å². The minimum Gasteiger partial charge on any atom is -0.384 e. The van der Waals surface area contributed by atoms with Crippen LogP contribution < -0.4 is 5.73 Å². The van der Waals surface area contributed by atoms with Crippen molar-refractivity contribution in [3.8, 4) is 0 Å². The van der Waals surface area contributed by atoms with Crippen LogP contribution in [0.5, 0.6) is 0 Å². The molecule has 4 nitrogen and oxygen atoms in total. The van der Waals surface area contributed by atoms with E-state index in [2.05, 4.69) is 5.10 Å². The molecule has 0 radical (unpaired) electrons. The number of hydrogen-bond acceptors (Lipinski definition) is 3. The Kier molecular flexibility index (Phi) is 2.49. The van der Waals surface area contributed by atoms with Gasteiger partial charge in [0.05, 0.1) is 6.20 Å². The zero-order valence-corrected chi connectivity index (χ0v) is 8.13. The molecular formula is C11H11N3O. The summed E-state index contributed by atoms with van der Waals surface area (Å²) < 4.78 is 1.48. The standard InChI is InChI=1S/C11H11N3O/c12-11-6-7-13-14(11)8-10(15)9-4-2-1-3-5-9/h1-7H,8,12H2. The second-order valence-corrected chi connectivity index (χ2v) is 3.20. The molecule has 0 spiro atoms. The van der Waals surface area contributed by atoms with E-state index in [9.17, 15) is 4.79 Å². The average Bonchev–Trinajstić information content (AvgIpc) is 2.66. The van der Waals surface area contributed by atoms with Crippen molar-refractivity contribution < 1.29 is 4.79 Å². The van der Waals surface area contributed by atoms with Crippen LogP contribution in [0.1, 0.15) is 10.4 Å². The molecule has 1 aromatic carbocycles. The van der Waals surface area contributed by atoms with E-state index in [-0.39, 0.29) is 12.3 Å². The van der Waals surface area contributed by atoms with E-state index in [1.54, 1.807) is 24.4 Å². The predicted octanol–water partition coefficient (Wildman–Crippen LogP) is 1.35. The van der Waals surface area contributed by atoms with Crippen molar-refractivity contribution in [3.05, 3.63) is 48.2 Å². The Morgan fingerprint density at radius 3 is 2.60 bits per heavy atom. The lowest BCUT2D eigenvalue weighted by Gasteiger charge is -2.02. The van der Waals surface area contributed by atoms with E-state index < -0.39 is 0 Å². The van der Waals surface area contributed by atoms with Gasteiger partial charge in [-0.2, -0.15) is 5.10 Å². The van der Waals surface area contributed by atoms with Gasteiger partial charge in [-0.15, -0.1) is 0 Å². The smallest absolute Gasteiger partial charge is 0.184 e. The van der Waals surface area contributed by atoms with Crippen molar-refractivity contribution in [1.82, 2.24) is 9.78 Å². The summed E-state index contributed by atoms with van der Waals surface area (Å²) in [5, 5.41) is 3.95. The maximum atomic E-state index is 11.7. The van der Waals surface area contributed by atoms with Crippen molar-refractivity contribution in [2.45, 2.75) is 6.54 Å². The Hall–Kier alpha value is -2.10. The summed E-state index contributed by atoms with van der Waals surface area (Å²) in [7, 11) is 0. The Balaban J connectivity index is 2.15. The maximum absolute atomic E-state index is 11.7. The van der Waals surface area contributed by atoms with Crippen molar-refractivity contribution in [2.24, 2.45) is 0 Å². The molecule has 0 aliphatic rings. The molecule has 0 unspecified atom stereocenters. The summed E-state index contributed by atoms with van der Waals surface area (Å²) in [5.41, 5.74) is 6.29. The lowest BCUT2D eigenvalue weighted by molar-refractivity contribution is 0.0968. The van der Waals surface area contributed by atoms with Gasteiger partial charge in [-0.25, -0.2) is 4.68 Å². The predicted molar refractivity (Wildman–Crippen MR) is 57.4 cm³/mol. The number of carbonyl (C=O) groups is 1. The van der Waals surface area contributed by atoms with Gasteiger partial charge in [-0.1, -0.05) is 30.3 Å². The number of nitrogens with two attached hydrogens (primary N) is 1. The highest BCUT2D eigenvalue weighted by molar-refractivity contribution is 5.95. The number of nitrogens with zero attached hydrogens (tertiary/aromatic N) is 2. The van der Waals surface area contributed by atoms with E-state index in [0.717, 1.165) is 0 Å². The second-order valence-electron chi connectivity index (χ2n) is 3.20. The number of nitrogen functional groups attached to an aromatic ring is 1. The lowest BCUT2D eigenvalue weighted by atomic mass is 10.1. The number of rotatable bonds is 3. The summed E-state index contributed by atoms with van der Waals surface area (Å²) in [6.45, 7) is 0.183. The largest absolute Gasteiger partial charge is 0.384 e. The summed E-state index contributed by atoms with van der Waals surface area (Å²) >= 11 is 0. The van der Waals surface area contributed by atoms with Gasteiger partial charge in [-0.05, 0) is 6.07 Å². The van der Waals surface area contributed by atoms with E-state index in [1.807, 2.05) is 18.2 Å². The number of ketones is 1. The van der Waals surface area contributed by atoms with E-state index >= 15 is 0 Å². The molecule has 4 heteroatoms. The summed E-state index contributed by atoms with van der Waals surface area (Å²) in [4.78, 5) is 11.7. The molecule has 0 aliphatic heterocycles. The molecular weight excluding hydrogens is 190 g/mol. The number of benzene rings is 1. The van der Waals surface area contributed by atoms with Crippen LogP contribution in [0.4, 0.5) is 5.82 Å². The first kappa shape index (κ1) is 9.45. The third kappa shape index (κ3) is 2.04. The van der Waals surface area contributed by atoms with Crippen molar-refractivity contribution >= 4 is 11.6 Å². The molecule has 15 heavy (non-hydrogen) atoms. The Bertz CT molecular complexity index is 462. The van der Waals surface area contributed by atoms with Crippen molar-refractivity contribution in [1.29, 1.82) is 0 Å². The van der Waals surface area contributed by atoms with Gasteiger partial charge >= 0.3 is 0 Å². The summed E-state index contributed by atoms with van der Waals surface area (Å²) in [5.74, 6) is 0.505. The molecule has 2 rings (SSSR count). The Labute approximate surface area is 87.3 Å². The Morgan fingerprint density at radius 1 is 1.27 bits per heavy atom. The molecule has 0 atom stereocenters. The third-order valence-electron chi connectivity index (χ3n) is 2.14. The van der Waals surface area contributed by atoms with Gasteiger partial charge in [0.2, 0.25) is 0 Å². The minimum atomic E-state index is 0.00556. The molecule has 0 amide bonds. The maximum Gasteiger partial charge on any atom is 0.184 e. The second kappa shape index (κ2) is 3.96. The van der Waals surface area contributed by atoms with Crippen LogP contribution in [0.2, 0.25) is 0 Å². The van der Waals surface area contributed by atoms with Crippen LogP contribution >= 0.6 is 0 Å². The fraction of sp³-hybridized carbons (Fsp3) is 0.0909. The first-order chi connectivity index (χ1) is 7.27. The third-order valence-corrected chi connectivity index (χ3v) is 2.14. The Morgan fingerprint density at radius 2 is 2.00 bits per heavy atom. The van der Waals surface area contributed by atoms with Gasteiger partial charge < -0.3 is 5.73 Å². The molecule has 76 valence electrons. The van der Waals surface area contributed by atoms with Crippen LogP contribution in [0.15, 0.2) is 42.6 Å². The molecule has 1 aromatic heterocycles. The van der Waals surface area contributed by atoms with Crippen LogP contribution in [-0.2, 0) is 6.54 Å². The fourth-order valence-electron chi connectivity index (χ4n) is 1.33.